The van der Waals surface area contributed by atoms with Crippen LogP contribution < -0.4 is 10.2 Å². The fourth-order valence-corrected chi connectivity index (χ4v) is 3.30. The van der Waals surface area contributed by atoms with E-state index in [1.165, 1.54) is 17.6 Å². The molecule has 0 spiro atoms. The molecule has 8 heteroatoms. The van der Waals surface area contributed by atoms with Crippen LogP contribution in [0.4, 0.5) is 15.2 Å². The lowest BCUT2D eigenvalue weighted by Crippen LogP contribution is -2.25. The van der Waals surface area contributed by atoms with Gasteiger partial charge < -0.3 is 15.0 Å². The molecule has 0 amide bonds. The van der Waals surface area contributed by atoms with Gasteiger partial charge in [-0.2, -0.15) is 4.37 Å². The van der Waals surface area contributed by atoms with Crippen LogP contribution in [0.15, 0.2) is 18.2 Å². The van der Waals surface area contributed by atoms with Gasteiger partial charge in [0.1, 0.15) is 12.4 Å². The average Bonchev–Trinajstić information content (AvgIpc) is 3.13. The van der Waals surface area contributed by atoms with Gasteiger partial charge in [-0.05, 0) is 24.6 Å². The predicted molar refractivity (Wildman–Crippen MR) is 86.3 cm³/mol. The summed E-state index contributed by atoms with van der Waals surface area (Å²) in [6.45, 7) is 2.13. The Morgan fingerprint density at radius 1 is 1.55 bits per heavy atom. The van der Waals surface area contributed by atoms with Gasteiger partial charge in [0.25, 0.3) is 0 Å². The zero-order valence-corrected chi connectivity index (χ0v) is 13.6. The molecule has 0 radical (unpaired) electrons. The number of hydrogen-bond donors (Lipinski definition) is 1. The van der Waals surface area contributed by atoms with Crippen LogP contribution in [0.25, 0.3) is 0 Å². The van der Waals surface area contributed by atoms with Gasteiger partial charge in [-0.3, -0.25) is 0 Å². The Hall–Kier alpha value is -1.44. The Bertz CT molecular complexity index is 654. The Morgan fingerprint density at radius 2 is 2.41 bits per heavy atom. The summed E-state index contributed by atoms with van der Waals surface area (Å²) in [6, 6.07) is 5.11. The quantitative estimate of drug-likeness (QED) is 0.904. The summed E-state index contributed by atoms with van der Waals surface area (Å²) in [5.74, 6) is 0.300. The maximum Gasteiger partial charge on any atom is 0.202 e. The van der Waals surface area contributed by atoms with Crippen molar-refractivity contribution in [3.63, 3.8) is 0 Å². The summed E-state index contributed by atoms with van der Waals surface area (Å²) in [7, 11) is 1.62. The van der Waals surface area contributed by atoms with E-state index in [0.717, 1.165) is 30.3 Å². The number of ether oxygens (including phenoxy) is 1. The molecule has 118 valence electrons. The monoisotopic (exact) mass is 342 g/mol. The normalized spacial score (nSPS) is 18.0. The van der Waals surface area contributed by atoms with E-state index < -0.39 is 0 Å². The highest BCUT2D eigenvalue weighted by Gasteiger charge is 2.24. The first-order valence-corrected chi connectivity index (χ1v) is 8.09. The summed E-state index contributed by atoms with van der Waals surface area (Å²) in [5.41, 5.74) is 0.938. The molecule has 1 fully saturated rings. The van der Waals surface area contributed by atoms with Crippen molar-refractivity contribution in [2.24, 2.45) is 0 Å². The Labute approximate surface area is 137 Å². The molecule has 2 heterocycles. The maximum atomic E-state index is 13.2. The minimum absolute atomic E-state index is 0.155. The highest BCUT2D eigenvalue weighted by atomic mass is 35.5. The lowest BCUT2D eigenvalue weighted by atomic mass is 10.3. The van der Waals surface area contributed by atoms with Crippen molar-refractivity contribution in [3.05, 3.63) is 34.9 Å². The Balaban J connectivity index is 1.60. The minimum Gasteiger partial charge on any atom is -0.377 e. The van der Waals surface area contributed by atoms with E-state index in [0.29, 0.717) is 12.4 Å². The first-order chi connectivity index (χ1) is 10.7. The fraction of sp³-hybridized carbons (Fsp3) is 0.429. The smallest absolute Gasteiger partial charge is 0.202 e. The molecule has 22 heavy (non-hydrogen) atoms. The summed E-state index contributed by atoms with van der Waals surface area (Å²) in [5, 5.41) is 4.34. The van der Waals surface area contributed by atoms with E-state index in [9.17, 15) is 4.39 Å². The molecule has 1 aromatic heterocycles. The third-order valence-corrected chi connectivity index (χ3v) is 4.50. The number of benzene rings is 1. The maximum absolute atomic E-state index is 13.2. The van der Waals surface area contributed by atoms with Gasteiger partial charge in [0.05, 0.1) is 5.02 Å². The standard InChI is InChI=1S/C14H16ClFN4OS/c1-21-8-13-18-14(22-19-13)17-9-4-5-20(7-9)10-2-3-12(16)11(15)6-10/h2-3,6,9H,4-5,7-8H2,1H3,(H,17,18,19). The molecule has 3 rings (SSSR count). The number of rotatable bonds is 5. The summed E-state index contributed by atoms with van der Waals surface area (Å²) in [4.78, 5) is 6.55. The molecular weight excluding hydrogens is 327 g/mol. The molecule has 2 aromatic rings. The van der Waals surface area contributed by atoms with Crippen molar-refractivity contribution in [2.45, 2.75) is 19.1 Å². The Morgan fingerprint density at radius 3 is 3.18 bits per heavy atom. The van der Waals surface area contributed by atoms with Crippen LogP contribution in [0, 0.1) is 5.82 Å². The predicted octanol–water partition coefficient (Wildman–Crippen LogP) is 3.17. The zero-order valence-electron chi connectivity index (χ0n) is 12.1. The second-order valence-electron chi connectivity index (χ2n) is 5.12. The molecule has 1 N–H and O–H groups in total. The topological polar surface area (TPSA) is 50.3 Å². The minimum atomic E-state index is -0.390. The van der Waals surface area contributed by atoms with E-state index in [2.05, 4.69) is 19.6 Å². The highest BCUT2D eigenvalue weighted by Crippen LogP contribution is 2.27. The SMILES string of the molecule is COCc1nsc(NC2CCN(c3ccc(F)c(Cl)c3)C2)n1. The average molecular weight is 343 g/mol. The van der Waals surface area contributed by atoms with E-state index in [4.69, 9.17) is 16.3 Å². The molecule has 1 saturated heterocycles. The van der Waals surface area contributed by atoms with Crippen LogP contribution in [-0.4, -0.2) is 35.6 Å². The van der Waals surface area contributed by atoms with Crippen molar-refractivity contribution >= 4 is 34.0 Å². The number of nitrogens with zero attached hydrogens (tertiary/aromatic N) is 3. The zero-order chi connectivity index (χ0) is 15.5. The van der Waals surface area contributed by atoms with Crippen LogP contribution in [0.1, 0.15) is 12.2 Å². The Kier molecular flexibility index (Phi) is 4.75. The summed E-state index contributed by atoms with van der Waals surface area (Å²) in [6.07, 6.45) is 0.980. The number of aromatic nitrogens is 2. The van der Waals surface area contributed by atoms with Gasteiger partial charge in [0.2, 0.25) is 5.13 Å². The number of methoxy groups -OCH3 is 1. The largest absolute Gasteiger partial charge is 0.377 e. The van der Waals surface area contributed by atoms with Crippen LogP contribution >= 0.6 is 23.1 Å². The lowest BCUT2D eigenvalue weighted by molar-refractivity contribution is 0.179. The molecule has 1 unspecified atom stereocenters. The molecule has 0 saturated carbocycles. The van der Waals surface area contributed by atoms with E-state index in [1.54, 1.807) is 19.2 Å². The van der Waals surface area contributed by atoms with Crippen molar-refractivity contribution in [2.75, 3.05) is 30.4 Å². The third kappa shape index (κ3) is 3.48. The highest BCUT2D eigenvalue weighted by molar-refractivity contribution is 7.09. The summed E-state index contributed by atoms with van der Waals surface area (Å²) >= 11 is 7.18. The lowest BCUT2D eigenvalue weighted by Gasteiger charge is -2.19. The number of nitrogens with one attached hydrogen (secondary N) is 1. The molecule has 1 aliphatic rings. The van der Waals surface area contributed by atoms with Gasteiger partial charge in [0, 0.05) is 43.5 Å². The van der Waals surface area contributed by atoms with Crippen molar-refractivity contribution in [3.8, 4) is 0 Å². The second kappa shape index (κ2) is 6.76. The first kappa shape index (κ1) is 15.5. The van der Waals surface area contributed by atoms with Crippen molar-refractivity contribution < 1.29 is 9.13 Å². The number of halogens is 2. The second-order valence-corrected chi connectivity index (χ2v) is 6.28. The molecule has 5 nitrogen and oxygen atoms in total. The first-order valence-electron chi connectivity index (χ1n) is 6.94. The van der Waals surface area contributed by atoms with Gasteiger partial charge >= 0.3 is 0 Å². The fourth-order valence-electron chi connectivity index (χ4n) is 2.47. The molecule has 0 aliphatic carbocycles. The van der Waals surface area contributed by atoms with Gasteiger partial charge in [-0.1, -0.05) is 11.6 Å². The third-order valence-electron chi connectivity index (χ3n) is 3.53. The molecule has 1 aromatic carbocycles. The van der Waals surface area contributed by atoms with Gasteiger partial charge in [0.15, 0.2) is 5.82 Å². The van der Waals surface area contributed by atoms with E-state index >= 15 is 0 Å². The van der Waals surface area contributed by atoms with E-state index in [1.807, 2.05) is 0 Å². The molecular formula is C14H16ClFN4OS. The van der Waals surface area contributed by atoms with E-state index in [-0.39, 0.29) is 16.9 Å². The molecule has 1 aliphatic heterocycles. The number of hydrogen-bond acceptors (Lipinski definition) is 6. The van der Waals surface area contributed by atoms with Crippen LogP contribution in [-0.2, 0) is 11.3 Å². The summed E-state index contributed by atoms with van der Waals surface area (Å²) < 4.78 is 22.5. The van der Waals surface area contributed by atoms with Gasteiger partial charge in [-0.25, -0.2) is 9.37 Å². The van der Waals surface area contributed by atoms with Crippen LogP contribution in [0.3, 0.4) is 0 Å². The van der Waals surface area contributed by atoms with Gasteiger partial charge in [-0.15, -0.1) is 0 Å². The van der Waals surface area contributed by atoms with Crippen molar-refractivity contribution in [1.29, 1.82) is 0 Å². The van der Waals surface area contributed by atoms with Crippen LogP contribution in [0.5, 0.6) is 0 Å². The number of anilines is 2. The van der Waals surface area contributed by atoms with Crippen molar-refractivity contribution in [1.82, 2.24) is 9.36 Å². The van der Waals surface area contributed by atoms with Crippen LogP contribution in [0.2, 0.25) is 5.02 Å². The molecule has 1 atom stereocenters. The molecule has 0 bridgehead atoms.